The number of carbonyl (C=O) groups excluding carboxylic acids is 2. The number of aliphatic imine (C=N–C) groups is 1. The fourth-order valence-corrected chi connectivity index (χ4v) is 2.58. The van der Waals surface area contributed by atoms with Crippen molar-refractivity contribution in [1.29, 1.82) is 0 Å². The molecule has 1 aliphatic heterocycles. The topological polar surface area (TPSA) is 71.0 Å². The van der Waals surface area contributed by atoms with Gasteiger partial charge in [0.15, 0.2) is 0 Å². The molecular weight excluding hydrogens is 330 g/mol. The third-order valence-corrected chi connectivity index (χ3v) is 4.13. The molecule has 3 rings (SSSR count). The van der Waals surface area contributed by atoms with Gasteiger partial charge in [-0.05, 0) is 30.2 Å². The predicted molar refractivity (Wildman–Crippen MR) is 98.9 cm³/mol. The molecule has 0 fully saturated rings. The van der Waals surface area contributed by atoms with E-state index >= 15 is 0 Å². The number of esters is 1. The van der Waals surface area contributed by atoms with Crippen molar-refractivity contribution in [2.45, 2.75) is 26.1 Å². The van der Waals surface area contributed by atoms with Crippen LogP contribution in [0.1, 0.15) is 28.4 Å². The zero-order valence-corrected chi connectivity index (χ0v) is 14.6. The number of ether oxygens (including phenoxy) is 1. The van der Waals surface area contributed by atoms with Crippen molar-refractivity contribution < 1.29 is 14.3 Å². The van der Waals surface area contributed by atoms with Crippen LogP contribution in [0.15, 0.2) is 59.6 Å². The lowest BCUT2D eigenvalue weighted by Gasteiger charge is -2.18. The Balaban J connectivity index is 1.49. The first-order valence-corrected chi connectivity index (χ1v) is 8.49. The minimum atomic E-state index is -0.369. The molecule has 2 aromatic carbocycles. The minimum absolute atomic E-state index is 0.0803. The van der Waals surface area contributed by atoms with Gasteiger partial charge in [-0.3, -0.25) is 9.89 Å². The minimum Gasteiger partial charge on any atom is -0.457 e. The van der Waals surface area contributed by atoms with Crippen molar-refractivity contribution >= 4 is 18.3 Å². The maximum Gasteiger partial charge on any atom is 0.338 e. The number of benzene rings is 2. The van der Waals surface area contributed by atoms with Gasteiger partial charge < -0.3 is 10.1 Å². The van der Waals surface area contributed by atoms with E-state index < -0.39 is 0 Å². The van der Waals surface area contributed by atoms with Gasteiger partial charge in [0.25, 0.3) is 0 Å². The van der Waals surface area contributed by atoms with E-state index in [9.17, 15) is 9.59 Å². The number of urea groups is 1. The Kier molecular flexibility index (Phi) is 5.63. The highest BCUT2D eigenvalue weighted by atomic mass is 16.5. The highest BCUT2D eigenvalue weighted by Gasteiger charge is 2.21. The molecule has 2 aromatic rings. The van der Waals surface area contributed by atoms with Crippen molar-refractivity contribution in [3.05, 3.63) is 71.3 Å². The van der Waals surface area contributed by atoms with Crippen molar-refractivity contribution in [2.24, 2.45) is 4.99 Å². The fourth-order valence-electron chi connectivity index (χ4n) is 2.58. The van der Waals surface area contributed by atoms with Crippen LogP contribution >= 0.6 is 0 Å². The number of nitrogens with zero attached hydrogens (tertiary/aromatic N) is 2. The summed E-state index contributed by atoms with van der Waals surface area (Å²) in [6.07, 6.45) is 1.56. The molecule has 1 atom stereocenters. The molecule has 0 saturated heterocycles. The zero-order chi connectivity index (χ0) is 18.4. The van der Waals surface area contributed by atoms with Gasteiger partial charge in [0.2, 0.25) is 0 Å². The maximum absolute atomic E-state index is 12.1. The van der Waals surface area contributed by atoms with E-state index in [0.29, 0.717) is 18.7 Å². The molecule has 0 aliphatic carbocycles. The molecule has 26 heavy (non-hydrogen) atoms. The first-order valence-electron chi connectivity index (χ1n) is 8.49. The van der Waals surface area contributed by atoms with Gasteiger partial charge in [0, 0.05) is 6.54 Å². The van der Waals surface area contributed by atoms with E-state index in [2.05, 4.69) is 10.3 Å². The molecule has 0 saturated carbocycles. The van der Waals surface area contributed by atoms with Crippen LogP contribution in [0.4, 0.5) is 4.79 Å². The van der Waals surface area contributed by atoms with Crippen LogP contribution in [-0.2, 0) is 17.9 Å². The summed E-state index contributed by atoms with van der Waals surface area (Å²) in [5.74, 6) is -0.369. The first kappa shape index (κ1) is 17.7. The molecule has 0 spiro atoms. The van der Waals surface area contributed by atoms with E-state index in [1.165, 1.54) is 0 Å². The summed E-state index contributed by atoms with van der Waals surface area (Å²) in [5.41, 5.74) is 2.33. The Morgan fingerprint density at radius 1 is 1.12 bits per heavy atom. The molecule has 0 radical (unpaired) electrons. The molecular formula is C20H21N3O3. The second-order valence-corrected chi connectivity index (χ2v) is 6.15. The Morgan fingerprint density at radius 2 is 1.85 bits per heavy atom. The summed E-state index contributed by atoms with van der Waals surface area (Å²) in [5, 5.41) is 2.85. The maximum atomic E-state index is 12.1. The van der Waals surface area contributed by atoms with Crippen LogP contribution in [0.25, 0.3) is 0 Å². The molecule has 2 amide bonds. The molecule has 134 valence electrons. The molecule has 6 heteroatoms. The fraction of sp³-hybridized carbons (Fsp3) is 0.250. The molecule has 1 N–H and O–H groups in total. The van der Waals surface area contributed by atoms with E-state index in [4.69, 9.17) is 4.74 Å². The lowest BCUT2D eigenvalue weighted by atomic mass is 10.1. The standard InChI is InChI=1S/C20H21N3O3/c1-15-11-21-14-23(15)20(25)22-12-16-7-9-18(10-8-16)19(24)26-13-17-5-3-2-4-6-17/h2-10,14-15H,11-13H2,1H3,(H,22,25). The molecule has 0 bridgehead atoms. The van der Waals surface area contributed by atoms with Crippen LogP contribution in [0.2, 0.25) is 0 Å². The van der Waals surface area contributed by atoms with Crippen LogP contribution in [0.3, 0.4) is 0 Å². The molecule has 1 aliphatic rings. The lowest BCUT2D eigenvalue weighted by molar-refractivity contribution is 0.0472. The van der Waals surface area contributed by atoms with Gasteiger partial charge in [0.05, 0.1) is 24.5 Å². The van der Waals surface area contributed by atoms with Crippen LogP contribution in [0.5, 0.6) is 0 Å². The Bertz CT molecular complexity index is 788. The third kappa shape index (κ3) is 4.47. The summed E-state index contributed by atoms with van der Waals surface area (Å²) >= 11 is 0. The van der Waals surface area contributed by atoms with Crippen LogP contribution in [-0.4, -0.2) is 35.8 Å². The predicted octanol–water partition coefficient (Wildman–Crippen LogP) is 2.99. The monoisotopic (exact) mass is 351 g/mol. The van der Waals surface area contributed by atoms with E-state index in [1.807, 2.05) is 37.3 Å². The second kappa shape index (κ2) is 8.29. The average molecular weight is 351 g/mol. The van der Waals surface area contributed by atoms with Crippen molar-refractivity contribution in [1.82, 2.24) is 10.2 Å². The van der Waals surface area contributed by atoms with Crippen molar-refractivity contribution in [3.8, 4) is 0 Å². The lowest BCUT2D eigenvalue weighted by Crippen LogP contribution is -2.42. The number of amides is 2. The Morgan fingerprint density at radius 3 is 2.50 bits per heavy atom. The summed E-state index contributed by atoms with van der Waals surface area (Å²) in [6.45, 7) is 3.21. The van der Waals surface area contributed by atoms with Crippen molar-refractivity contribution in [3.63, 3.8) is 0 Å². The Hall–Kier alpha value is -3.15. The van der Waals surface area contributed by atoms with E-state index in [-0.39, 0.29) is 24.6 Å². The summed E-state index contributed by atoms with van der Waals surface area (Å²) in [7, 11) is 0. The molecule has 0 aromatic heterocycles. The molecule has 1 heterocycles. The first-order chi connectivity index (χ1) is 12.6. The largest absolute Gasteiger partial charge is 0.457 e. The average Bonchev–Trinajstić information content (AvgIpc) is 3.11. The Labute approximate surface area is 152 Å². The van der Waals surface area contributed by atoms with Gasteiger partial charge in [0.1, 0.15) is 6.61 Å². The normalized spacial score (nSPS) is 15.7. The number of hydrogen-bond donors (Lipinski definition) is 1. The third-order valence-electron chi connectivity index (χ3n) is 4.13. The van der Waals surface area contributed by atoms with E-state index in [0.717, 1.165) is 11.1 Å². The van der Waals surface area contributed by atoms with Gasteiger partial charge >= 0.3 is 12.0 Å². The van der Waals surface area contributed by atoms with Gasteiger partial charge in [-0.2, -0.15) is 0 Å². The van der Waals surface area contributed by atoms with Crippen molar-refractivity contribution in [2.75, 3.05) is 6.54 Å². The zero-order valence-electron chi connectivity index (χ0n) is 14.6. The van der Waals surface area contributed by atoms with Gasteiger partial charge in [-0.25, -0.2) is 9.59 Å². The van der Waals surface area contributed by atoms with Gasteiger partial charge in [-0.1, -0.05) is 42.5 Å². The van der Waals surface area contributed by atoms with E-state index in [1.54, 1.807) is 35.5 Å². The van der Waals surface area contributed by atoms with Crippen LogP contribution < -0.4 is 5.32 Å². The molecule has 1 unspecified atom stereocenters. The molecule has 6 nitrogen and oxygen atoms in total. The highest BCUT2D eigenvalue weighted by molar-refractivity contribution is 5.89. The summed E-state index contributed by atoms with van der Waals surface area (Å²) < 4.78 is 5.30. The number of carbonyl (C=O) groups is 2. The number of nitrogens with one attached hydrogen (secondary N) is 1. The number of hydrogen-bond acceptors (Lipinski definition) is 4. The quantitative estimate of drug-likeness (QED) is 0.842. The summed E-state index contributed by atoms with van der Waals surface area (Å²) in [4.78, 5) is 29.8. The second-order valence-electron chi connectivity index (χ2n) is 6.15. The smallest absolute Gasteiger partial charge is 0.338 e. The SMILES string of the molecule is CC1CN=CN1C(=O)NCc1ccc(C(=O)OCc2ccccc2)cc1. The van der Waals surface area contributed by atoms with Gasteiger partial charge in [-0.15, -0.1) is 0 Å². The van der Waals surface area contributed by atoms with Crippen LogP contribution in [0, 0.1) is 0 Å². The summed E-state index contributed by atoms with van der Waals surface area (Å²) in [6, 6.07) is 16.5. The highest BCUT2D eigenvalue weighted by Crippen LogP contribution is 2.09. The number of rotatable bonds is 5.